The SMILES string of the molecule is CCCCCCCCCCC(C(CCCC)Cc1ccccc1)n1ccnc1. The highest BCUT2D eigenvalue weighted by Gasteiger charge is 2.22. The van der Waals surface area contributed by atoms with Crippen molar-refractivity contribution in [2.24, 2.45) is 5.92 Å². The fourth-order valence-corrected chi connectivity index (χ4v) is 4.39. The summed E-state index contributed by atoms with van der Waals surface area (Å²) in [5.41, 5.74) is 1.48. The van der Waals surface area contributed by atoms with Crippen LogP contribution in [-0.2, 0) is 6.42 Å². The number of unbranched alkanes of at least 4 members (excludes halogenated alkanes) is 8. The van der Waals surface area contributed by atoms with E-state index in [2.05, 4.69) is 59.9 Å². The molecule has 156 valence electrons. The lowest BCUT2D eigenvalue weighted by Crippen LogP contribution is -2.21. The summed E-state index contributed by atoms with van der Waals surface area (Å²) in [6, 6.07) is 11.6. The van der Waals surface area contributed by atoms with Crippen molar-refractivity contribution in [3.63, 3.8) is 0 Å². The van der Waals surface area contributed by atoms with E-state index in [-0.39, 0.29) is 0 Å². The second-order valence-electron chi connectivity index (χ2n) is 8.43. The van der Waals surface area contributed by atoms with Crippen molar-refractivity contribution >= 4 is 0 Å². The molecular weight excluding hydrogens is 340 g/mol. The number of rotatable bonds is 16. The Bertz CT molecular complexity index is 576. The van der Waals surface area contributed by atoms with Crippen molar-refractivity contribution in [2.45, 2.75) is 103 Å². The van der Waals surface area contributed by atoms with Gasteiger partial charge in [0, 0.05) is 18.4 Å². The number of hydrogen-bond donors (Lipinski definition) is 0. The highest BCUT2D eigenvalue weighted by Crippen LogP contribution is 2.32. The van der Waals surface area contributed by atoms with Crippen LogP contribution in [0.3, 0.4) is 0 Å². The summed E-state index contributed by atoms with van der Waals surface area (Å²) in [6.07, 6.45) is 23.7. The quantitative estimate of drug-likeness (QED) is 0.269. The second-order valence-corrected chi connectivity index (χ2v) is 8.43. The smallest absolute Gasteiger partial charge is 0.0948 e. The van der Waals surface area contributed by atoms with Crippen LogP contribution >= 0.6 is 0 Å². The van der Waals surface area contributed by atoms with E-state index in [0.717, 1.165) is 0 Å². The van der Waals surface area contributed by atoms with Gasteiger partial charge >= 0.3 is 0 Å². The molecule has 0 aliphatic rings. The predicted molar refractivity (Wildman–Crippen MR) is 122 cm³/mol. The zero-order valence-corrected chi connectivity index (χ0v) is 18.4. The summed E-state index contributed by atoms with van der Waals surface area (Å²) in [6.45, 7) is 4.60. The van der Waals surface area contributed by atoms with Gasteiger partial charge in [-0.2, -0.15) is 0 Å². The van der Waals surface area contributed by atoms with Crippen LogP contribution in [0.5, 0.6) is 0 Å². The van der Waals surface area contributed by atoms with Crippen LogP contribution in [-0.4, -0.2) is 9.55 Å². The Morgan fingerprint density at radius 2 is 1.46 bits per heavy atom. The molecule has 0 spiro atoms. The van der Waals surface area contributed by atoms with Crippen molar-refractivity contribution < 1.29 is 0 Å². The van der Waals surface area contributed by atoms with Gasteiger partial charge < -0.3 is 4.57 Å². The van der Waals surface area contributed by atoms with Gasteiger partial charge in [-0.25, -0.2) is 4.98 Å². The van der Waals surface area contributed by atoms with E-state index in [4.69, 9.17) is 0 Å². The number of hydrogen-bond acceptors (Lipinski definition) is 1. The first-order chi connectivity index (χ1) is 13.8. The van der Waals surface area contributed by atoms with Crippen LogP contribution < -0.4 is 0 Å². The van der Waals surface area contributed by atoms with Gasteiger partial charge in [-0.3, -0.25) is 0 Å². The van der Waals surface area contributed by atoms with E-state index in [0.29, 0.717) is 12.0 Å². The van der Waals surface area contributed by atoms with Crippen molar-refractivity contribution in [3.8, 4) is 0 Å². The van der Waals surface area contributed by atoms with E-state index in [9.17, 15) is 0 Å². The largest absolute Gasteiger partial charge is 0.334 e. The third kappa shape index (κ3) is 8.63. The summed E-state index contributed by atoms with van der Waals surface area (Å²) in [4.78, 5) is 4.36. The lowest BCUT2D eigenvalue weighted by Gasteiger charge is -2.29. The Kier molecular flexibility index (Phi) is 11.7. The molecule has 0 amide bonds. The Morgan fingerprint density at radius 3 is 2.11 bits per heavy atom. The normalized spacial score (nSPS) is 13.5. The Hall–Kier alpha value is -1.57. The summed E-state index contributed by atoms with van der Waals surface area (Å²) in [5.74, 6) is 0.695. The molecule has 2 nitrogen and oxygen atoms in total. The first-order valence-corrected chi connectivity index (χ1v) is 11.9. The lowest BCUT2D eigenvalue weighted by molar-refractivity contribution is 0.277. The first-order valence-electron chi connectivity index (χ1n) is 11.9. The van der Waals surface area contributed by atoms with Crippen LogP contribution in [0.1, 0.15) is 103 Å². The van der Waals surface area contributed by atoms with Crippen molar-refractivity contribution in [2.75, 3.05) is 0 Å². The molecular formula is C26H42N2. The Morgan fingerprint density at radius 1 is 0.786 bits per heavy atom. The molecule has 2 rings (SSSR count). The molecule has 2 aromatic rings. The van der Waals surface area contributed by atoms with E-state index in [1.807, 2.05) is 12.5 Å². The molecule has 1 aromatic heterocycles. The minimum atomic E-state index is 0.578. The van der Waals surface area contributed by atoms with Crippen molar-refractivity contribution in [1.29, 1.82) is 0 Å². The van der Waals surface area contributed by atoms with Gasteiger partial charge in [0.05, 0.1) is 6.33 Å². The topological polar surface area (TPSA) is 17.8 Å². The van der Waals surface area contributed by atoms with Crippen LogP contribution in [0.4, 0.5) is 0 Å². The van der Waals surface area contributed by atoms with Gasteiger partial charge in [0.15, 0.2) is 0 Å². The monoisotopic (exact) mass is 382 g/mol. The molecule has 2 atom stereocenters. The van der Waals surface area contributed by atoms with Gasteiger partial charge in [-0.1, -0.05) is 108 Å². The van der Waals surface area contributed by atoms with Gasteiger partial charge in [0.25, 0.3) is 0 Å². The summed E-state index contributed by atoms with van der Waals surface area (Å²) >= 11 is 0. The molecule has 0 radical (unpaired) electrons. The van der Waals surface area contributed by atoms with Gasteiger partial charge in [0.1, 0.15) is 0 Å². The average molecular weight is 383 g/mol. The highest BCUT2D eigenvalue weighted by molar-refractivity contribution is 5.15. The third-order valence-corrected chi connectivity index (χ3v) is 6.07. The summed E-state index contributed by atoms with van der Waals surface area (Å²) in [5, 5.41) is 0. The predicted octanol–water partition coefficient (Wildman–Crippen LogP) is 8.00. The first kappa shape index (κ1) is 22.7. The zero-order valence-electron chi connectivity index (χ0n) is 18.4. The fraction of sp³-hybridized carbons (Fsp3) is 0.654. The molecule has 0 fully saturated rings. The van der Waals surface area contributed by atoms with Crippen LogP contribution in [0.2, 0.25) is 0 Å². The van der Waals surface area contributed by atoms with Crippen LogP contribution in [0.25, 0.3) is 0 Å². The van der Waals surface area contributed by atoms with Crippen molar-refractivity contribution in [1.82, 2.24) is 9.55 Å². The lowest BCUT2D eigenvalue weighted by atomic mass is 9.85. The molecule has 28 heavy (non-hydrogen) atoms. The van der Waals surface area contributed by atoms with E-state index in [1.165, 1.54) is 89.0 Å². The maximum absolute atomic E-state index is 4.36. The molecule has 1 heterocycles. The van der Waals surface area contributed by atoms with Gasteiger partial charge in [0.2, 0.25) is 0 Å². The standard InChI is InChI=1S/C26H42N2/c1-3-5-7-8-9-10-11-15-19-26(28-21-20-27-23-28)25(18-6-4-2)22-24-16-13-12-14-17-24/h12-14,16-17,20-21,23,25-26H,3-11,15,18-19,22H2,1-2H3. The van der Waals surface area contributed by atoms with E-state index in [1.54, 1.807) is 0 Å². The molecule has 2 unspecified atom stereocenters. The minimum Gasteiger partial charge on any atom is -0.334 e. The van der Waals surface area contributed by atoms with E-state index < -0.39 is 0 Å². The van der Waals surface area contributed by atoms with Crippen molar-refractivity contribution in [3.05, 3.63) is 54.6 Å². The molecule has 0 bridgehead atoms. The zero-order chi connectivity index (χ0) is 19.9. The molecule has 2 heteroatoms. The molecule has 0 aliphatic carbocycles. The minimum absolute atomic E-state index is 0.578. The van der Waals surface area contributed by atoms with E-state index >= 15 is 0 Å². The third-order valence-electron chi connectivity index (χ3n) is 6.07. The number of aromatic nitrogens is 2. The molecule has 0 saturated heterocycles. The number of nitrogens with zero attached hydrogens (tertiary/aromatic N) is 2. The van der Waals surface area contributed by atoms with Gasteiger partial charge in [-0.15, -0.1) is 0 Å². The van der Waals surface area contributed by atoms with Crippen LogP contribution in [0, 0.1) is 5.92 Å². The van der Waals surface area contributed by atoms with Crippen LogP contribution in [0.15, 0.2) is 49.1 Å². The molecule has 0 saturated carbocycles. The summed E-state index contributed by atoms with van der Waals surface area (Å²) in [7, 11) is 0. The number of benzene rings is 1. The van der Waals surface area contributed by atoms with Gasteiger partial charge in [-0.05, 0) is 30.7 Å². The number of imidazole rings is 1. The highest BCUT2D eigenvalue weighted by atomic mass is 15.1. The second kappa shape index (κ2) is 14.4. The maximum atomic E-state index is 4.36. The fourth-order valence-electron chi connectivity index (χ4n) is 4.39. The molecule has 1 aromatic carbocycles. The maximum Gasteiger partial charge on any atom is 0.0948 e. The summed E-state index contributed by atoms with van der Waals surface area (Å²) < 4.78 is 2.39. The Balaban J connectivity index is 1.91. The Labute approximate surface area is 173 Å². The molecule has 0 aliphatic heterocycles. The molecule has 0 N–H and O–H groups in total. The average Bonchev–Trinajstić information content (AvgIpc) is 3.25.